The van der Waals surface area contributed by atoms with E-state index >= 15 is 0 Å². The van der Waals surface area contributed by atoms with E-state index in [1.807, 2.05) is 99.9 Å². The van der Waals surface area contributed by atoms with Crippen LogP contribution >= 0.6 is 0 Å². The number of nitrogen functional groups attached to an aromatic ring is 1. The van der Waals surface area contributed by atoms with Crippen LogP contribution in [0.5, 0.6) is 5.75 Å². The van der Waals surface area contributed by atoms with E-state index in [9.17, 15) is 9.59 Å². The van der Waals surface area contributed by atoms with Crippen molar-refractivity contribution in [2.45, 2.75) is 32.9 Å². The van der Waals surface area contributed by atoms with Crippen molar-refractivity contribution >= 4 is 22.6 Å². The van der Waals surface area contributed by atoms with Crippen molar-refractivity contribution in [3.8, 4) is 34.0 Å². The molecule has 45 heavy (non-hydrogen) atoms. The smallest absolute Gasteiger partial charge is 0.274 e. The average molecular weight is 601 g/mol. The summed E-state index contributed by atoms with van der Waals surface area (Å²) in [4.78, 5) is 41.6. The quantitative estimate of drug-likeness (QED) is 0.246. The van der Waals surface area contributed by atoms with Crippen LogP contribution in [0.25, 0.3) is 39.1 Å². The van der Waals surface area contributed by atoms with E-state index in [-0.39, 0.29) is 23.2 Å². The second-order valence-electron chi connectivity index (χ2n) is 10.9. The van der Waals surface area contributed by atoms with Gasteiger partial charge in [0, 0.05) is 24.4 Å². The topological polar surface area (TPSA) is 143 Å². The maximum absolute atomic E-state index is 14.3. The zero-order chi connectivity index (χ0) is 31.7. The van der Waals surface area contributed by atoms with E-state index in [1.165, 1.54) is 10.8 Å². The normalized spacial score (nSPS) is 11.9. The number of para-hydroxylation sites is 1. The predicted octanol–water partition coefficient (Wildman–Crippen LogP) is 5.10. The van der Waals surface area contributed by atoms with E-state index in [2.05, 4.69) is 20.4 Å². The fourth-order valence-electron chi connectivity index (χ4n) is 5.15. The third-order valence-corrected chi connectivity index (χ3v) is 7.20. The number of nitrogens with two attached hydrogens (primary N) is 1. The fraction of sp³-hybridized carbons (Fsp3) is 0.176. The Hall–Kier alpha value is -5.84. The second-order valence-corrected chi connectivity index (χ2v) is 10.9. The van der Waals surface area contributed by atoms with E-state index < -0.39 is 11.9 Å². The summed E-state index contributed by atoms with van der Waals surface area (Å²) >= 11 is 0. The number of carbonyl (C=O) groups excluding carboxylic acids is 1. The first kappa shape index (κ1) is 29.2. The SMILES string of the molecule is CC(C)Oc1ccc(-c2cnc(N)c(C(=O)N[C@@H](C)c3nc4cccc(-c5ccn(C)n5)c4c(=O)n3-c3ccccc3)n2)cc1. The molecule has 226 valence electrons. The van der Waals surface area contributed by atoms with Crippen molar-refractivity contribution in [2.75, 3.05) is 5.73 Å². The van der Waals surface area contributed by atoms with Crippen molar-refractivity contribution in [1.29, 1.82) is 0 Å². The number of rotatable bonds is 8. The van der Waals surface area contributed by atoms with Gasteiger partial charge < -0.3 is 15.8 Å². The van der Waals surface area contributed by atoms with Gasteiger partial charge in [-0.15, -0.1) is 0 Å². The molecule has 0 saturated heterocycles. The van der Waals surface area contributed by atoms with Crippen LogP contribution in [0.2, 0.25) is 0 Å². The Balaban J connectivity index is 1.38. The number of amides is 1. The summed E-state index contributed by atoms with van der Waals surface area (Å²) in [6.45, 7) is 5.67. The summed E-state index contributed by atoms with van der Waals surface area (Å²) in [6.07, 6.45) is 3.39. The van der Waals surface area contributed by atoms with Gasteiger partial charge in [-0.25, -0.2) is 15.0 Å². The number of carbonyl (C=O) groups is 1. The molecule has 3 aromatic carbocycles. The van der Waals surface area contributed by atoms with E-state index in [1.54, 1.807) is 17.7 Å². The number of fused-ring (bicyclic) bond motifs is 1. The number of benzene rings is 3. The number of aromatic nitrogens is 6. The monoisotopic (exact) mass is 600 g/mol. The molecule has 0 aliphatic carbocycles. The van der Waals surface area contributed by atoms with Gasteiger partial charge in [0.05, 0.1) is 46.3 Å². The molecule has 1 atom stereocenters. The van der Waals surface area contributed by atoms with Gasteiger partial charge in [0.2, 0.25) is 0 Å². The molecule has 3 heterocycles. The number of nitrogens with one attached hydrogen (secondary N) is 1. The number of ether oxygens (including phenoxy) is 1. The number of hydrogen-bond donors (Lipinski definition) is 2. The molecule has 3 aromatic heterocycles. The van der Waals surface area contributed by atoms with Crippen LogP contribution in [0.1, 0.15) is 43.1 Å². The fourth-order valence-corrected chi connectivity index (χ4v) is 5.15. The number of aryl methyl sites for hydroxylation is 1. The number of anilines is 1. The molecule has 3 N–H and O–H groups in total. The van der Waals surface area contributed by atoms with Gasteiger partial charge in [-0.1, -0.05) is 30.3 Å². The van der Waals surface area contributed by atoms with Crippen molar-refractivity contribution in [3.63, 3.8) is 0 Å². The molecule has 0 fully saturated rings. The van der Waals surface area contributed by atoms with Crippen LogP contribution in [0.15, 0.2) is 96.1 Å². The van der Waals surface area contributed by atoms with E-state index in [4.69, 9.17) is 15.5 Å². The highest BCUT2D eigenvalue weighted by atomic mass is 16.5. The van der Waals surface area contributed by atoms with Crippen LogP contribution < -0.4 is 21.3 Å². The minimum atomic E-state index is -0.717. The molecule has 0 saturated carbocycles. The van der Waals surface area contributed by atoms with E-state index in [0.717, 1.165) is 11.3 Å². The molecule has 0 unspecified atom stereocenters. The summed E-state index contributed by atoms with van der Waals surface area (Å²) in [5.74, 6) is 0.498. The zero-order valence-corrected chi connectivity index (χ0v) is 25.3. The minimum Gasteiger partial charge on any atom is -0.491 e. The highest BCUT2D eigenvalue weighted by Crippen LogP contribution is 2.27. The molecule has 6 aromatic rings. The second kappa shape index (κ2) is 12.0. The van der Waals surface area contributed by atoms with Crippen molar-refractivity contribution in [3.05, 3.63) is 113 Å². The third-order valence-electron chi connectivity index (χ3n) is 7.20. The van der Waals surface area contributed by atoms with Gasteiger partial charge in [0.1, 0.15) is 11.6 Å². The maximum Gasteiger partial charge on any atom is 0.274 e. The summed E-state index contributed by atoms with van der Waals surface area (Å²) in [7, 11) is 1.82. The molecule has 0 radical (unpaired) electrons. The standard InChI is InChI=1S/C34H32N8O3/c1-20(2)45-24-15-13-22(14-16-24)28-19-36-31(35)30(38-28)33(43)37-21(3)32-39-27-12-8-11-25(26-17-18-41(4)40-26)29(27)34(44)42(32)23-9-6-5-7-10-23/h5-21H,1-4H3,(H2,35,36)(H,37,43)/t21-/m0/s1. The Morgan fingerprint density at radius 3 is 2.36 bits per heavy atom. The Morgan fingerprint density at radius 2 is 1.67 bits per heavy atom. The minimum absolute atomic E-state index is 0.0184. The lowest BCUT2D eigenvalue weighted by molar-refractivity contribution is 0.0933. The zero-order valence-electron chi connectivity index (χ0n) is 25.3. The molecule has 0 aliphatic heterocycles. The van der Waals surface area contributed by atoms with Crippen LogP contribution in [-0.2, 0) is 7.05 Å². The first-order valence-corrected chi connectivity index (χ1v) is 14.5. The first-order valence-electron chi connectivity index (χ1n) is 14.5. The van der Waals surface area contributed by atoms with Gasteiger partial charge >= 0.3 is 0 Å². The lowest BCUT2D eigenvalue weighted by atomic mass is 10.1. The molecular weight excluding hydrogens is 568 g/mol. The summed E-state index contributed by atoms with van der Waals surface area (Å²) in [6, 6.07) is 23.2. The lowest BCUT2D eigenvalue weighted by Crippen LogP contribution is -2.34. The molecule has 1 amide bonds. The first-order chi connectivity index (χ1) is 21.7. The van der Waals surface area contributed by atoms with Gasteiger partial charge in [0.15, 0.2) is 11.5 Å². The maximum atomic E-state index is 14.3. The highest BCUT2D eigenvalue weighted by Gasteiger charge is 2.24. The van der Waals surface area contributed by atoms with Gasteiger partial charge in [0.25, 0.3) is 11.5 Å². The molecular formula is C34H32N8O3. The Morgan fingerprint density at radius 1 is 0.911 bits per heavy atom. The molecule has 11 heteroatoms. The molecule has 11 nitrogen and oxygen atoms in total. The van der Waals surface area contributed by atoms with Gasteiger partial charge in [-0.05, 0) is 69.3 Å². The van der Waals surface area contributed by atoms with Crippen molar-refractivity contribution in [1.82, 2.24) is 34.6 Å². The molecule has 6 rings (SSSR count). The number of nitrogens with zero attached hydrogens (tertiary/aromatic N) is 6. The van der Waals surface area contributed by atoms with Crippen LogP contribution in [0.4, 0.5) is 5.82 Å². The summed E-state index contributed by atoms with van der Waals surface area (Å²) < 4.78 is 8.93. The number of hydrogen-bond acceptors (Lipinski definition) is 8. The summed E-state index contributed by atoms with van der Waals surface area (Å²) in [5.41, 5.74) is 9.45. The summed E-state index contributed by atoms with van der Waals surface area (Å²) in [5, 5.41) is 7.87. The molecule has 0 bridgehead atoms. The van der Waals surface area contributed by atoms with Gasteiger partial charge in [-0.3, -0.25) is 18.8 Å². The predicted molar refractivity (Wildman–Crippen MR) is 173 cm³/mol. The Labute approximate surface area is 259 Å². The highest BCUT2D eigenvalue weighted by molar-refractivity contribution is 5.97. The average Bonchev–Trinajstić information content (AvgIpc) is 3.47. The lowest BCUT2D eigenvalue weighted by Gasteiger charge is -2.20. The van der Waals surface area contributed by atoms with Crippen LogP contribution in [0.3, 0.4) is 0 Å². The van der Waals surface area contributed by atoms with Crippen molar-refractivity contribution < 1.29 is 9.53 Å². The van der Waals surface area contributed by atoms with Crippen molar-refractivity contribution in [2.24, 2.45) is 7.05 Å². The largest absolute Gasteiger partial charge is 0.491 e. The van der Waals surface area contributed by atoms with E-state index in [0.29, 0.717) is 39.4 Å². The third kappa shape index (κ3) is 5.87. The Bertz CT molecular complexity index is 2070. The molecule has 0 spiro atoms. The van der Waals surface area contributed by atoms with Crippen LogP contribution in [0, 0.1) is 0 Å². The Kier molecular flexibility index (Phi) is 7.82. The molecule has 0 aliphatic rings. The van der Waals surface area contributed by atoms with Crippen LogP contribution in [-0.4, -0.2) is 41.3 Å². The van der Waals surface area contributed by atoms with Gasteiger partial charge in [-0.2, -0.15) is 5.10 Å².